The number of nitrogens with zero attached hydrogens (tertiary/aromatic N) is 1. The van der Waals surface area contributed by atoms with Crippen molar-refractivity contribution in [3.05, 3.63) is 24.3 Å². The molecule has 0 radical (unpaired) electrons. The maximum atomic E-state index is 5.69. The predicted molar refractivity (Wildman–Crippen MR) is 76.2 cm³/mol. The fourth-order valence-corrected chi connectivity index (χ4v) is 3.05. The molecule has 1 saturated heterocycles. The Labute approximate surface area is 110 Å². The Morgan fingerprint density at radius 2 is 2.22 bits per heavy atom. The van der Waals surface area contributed by atoms with Gasteiger partial charge in [0.15, 0.2) is 0 Å². The topological polar surface area (TPSA) is 38.5 Å². The first-order valence-corrected chi connectivity index (χ1v) is 6.68. The van der Waals surface area contributed by atoms with Gasteiger partial charge in [-0.05, 0) is 51.3 Å². The third kappa shape index (κ3) is 2.61. The smallest absolute Gasteiger partial charge is 0.120 e. The Morgan fingerprint density at radius 3 is 2.89 bits per heavy atom. The van der Waals surface area contributed by atoms with Gasteiger partial charge in [-0.1, -0.05) is 6.07 Å². The number of nitrogens with two attached hydrogens (primary N) is 1. The number of methoxy groups -OCH3 is 1. The molecule has 0 bridgehead atoms. The minimum atomic E-state index is 0.201. The van der Waals surface area contributed by atoms with Crippen molar-refractivity contribution in [2.45, 2.75) is 32.2 Å². The van der Waals surface area contributed by atoms with E-state index in [0.717, 1.165) is 25.3 Å². The molecule has 1 atom stereocenters. The van der Waals surface area contributed by atoms with Gasteiger partial charge in [0, 0.05) is 23.8 Å². The van der Waals surface area contributed by atoms with Gasteiger partial charge in [0.25, 0.3) is 0 Å². The van der Waals surface area contributed by atoms with E-state index in [0.29, 0.717) is 5.92 Å². The number of rotatable bonds is 4. The molecular weight excluding hydrogens is 224 g/mol. The summed E-state index contributed by atoms with van der Waals surface area (Å²) in [6, 6.07) is 8.33. The van der Waals surface area contributed by atoms with Crippen molar-refractivity contribution in [1.29, 1.82) is 0 Å². The molecule has 1 aromatic carbocycles. The van der Waals surface area contributed by atoms with Gasteiger partial charge >= 0.3 is 0 Å². The molecule has 3 nitrogen and oxygen atoms in total. The van der Waals surface area contributed by atoms with Gasteiger partial charge in [-0.3, -0.25) is 0 Å². The van der Waals surface area contributed by atoms with E-state index in [-0.39, 0.29) is 5.54 Å². The fourth-order valence-electron chi connectivity index (χ4n) is 3.05. The third-order valence-corrected chi connectivity index (χ3v) is 3.90. The van der Waals surface area contributed by atoms with Crippen LogP contribution >= 0.6 is 0 Å². The van der Waals surface area contributed by atoms with Crippen LogP contribution in [0.4, 0.5) is 5.69 Å². The van der Waals surface area contributed by atoms with E-state index in [1.54, 1.807) is 7.11 Å². The first-order valence-electron chi connectivity index (χ1n) is 6.68. The van der Waals surface area contributed by atoms with Gasteiger partial charge in [0.05, 0.1) is 7.11 Å². The summed E-state index contributed by atoms with van der Waals surface area (Å²) in [7, 11) is 1.71. The van der Waals surface area contributed by atoms with Crippen LogP contribution in [0.1, 0.15) is 26.7 Å². The van der Waals surface area contributed by atoms with Gasteiger partial charge in [-0.25, -0.2) is 0 Å². The highest BCUT2D eigenvalue weighted by molar-refractivity contribution is 5.53. The largest absolute Gasteiger partial charge is 0.497 e. The van der Waals surface area contributed by atoms with Crippen molar-refractivity contribution >= 4 is 5.69 Å². The summed E-state index contributed by atoms with van der Waals surface area (Å²) in [6.45, 7) is 6.50. The zero-order valence-electron chi connectivity index (χ0n) is 11.6. The predicted octanol–water partition coefficient (Wildman–Crippen LogP) is 2.65. The van der Waals surface area contributed by atoms with Gasteiger partial charge < -0.3 is 15.4 Å². The number of anilines is 1. The van der Waals surface area contributed by atoms with Gasteiger partial charge in [0.2, 0.25) is 0 Å². The lowest BCUT2D eigenvalue weighted by atomic mass is 9.94. The molecule has 1 unspecified atom stereocenters. The van der Waals surface area contributed by atoms with Crippen LogP contribution in [-0.4, -0.2) is 25.7 Å². The average Bonchev–Trinajstić information content (AvgIpc) is 2.65. The highest BCUT2D eigenvalue weighted by Gasteiger charge is 2.37. The number of benzene rings is 1. The fraction of sp³-hybridized carbons (Fsp3) is 0.600. The minimum Gasteiger partial charge on any atom is -0.497 e. The van der Waals surface area contributed by atoms with Crippen LogP contribution in [0.3, 0.4) is 0 Å². The Bertz CT molecular complexity index is 403. The van der Waals surface area contributed by atoms with E-state index in [1.807, 2.05) is 6.07 Å². The van der Waals surface area contributed by atoms with Crippen LogP contribution in [0.25, 0.3) is 0 Å². The summed E-state index contributed by atoms with van der Waals surface area (Å²) in [4.78, 5) is 2.48. The summed E-state index contributed by atoms with van der Waals surface area (Å²) in [5.41, 5.74) is 7.14. The second-order valence-corrected chi connectivity index (χ2v) is 5.77. The van der Waals surface area contributed by atoms with Crippen molar-refractivity contribution in [1.82, 2.24) is 0 Å². The van der Waals surface area contributed by atoms with Crippen molar-refractivity contribution in [2.75, 3.05) is 25.1 Å². The summed E-state index contributed by atoms with van der Waals surface area (Å²) in [5, 5.41) is 0. The summed E-state index contributed by atoms with van der Waals surface area (Å²) in [5.74, 6) is 1.63. The lowest BCUT2D eigenvalue weighted by Crippen LogP contribution is -2.38. The summed E-state index contributed by atoms with van der Waals surface area (Å²) in [6.07, 6.45) is 2.32. The Balaban J connectivity index is 2.21. The van der Waals surface area contributed by atoms with Crippen LogP contribution in [0.2, 0.25) is 0 Å². The summed E-state index contributed by atoms with van der Waals surface area (Å²) < 4.78 is 5.31. The molecular formula is C15H24N2O. The van der Waals surface area contributed by atoms with Crippen molar-refractivity contribution < 1.29 is 4.74 Å². The average molecular weight is 248 g/mol. The van der Waals surface area contributed by atoms with Gasteiger partial charge in [-0.2, -0.15) is 0 Å². The maximum absolute atomic E-state index is 5.69. The van der Waals surface area contributed by atoms with Gasteiger partial charge in [0.1, 0.15) is 5.75 Å². The van der Waals surface area contributed by atoms with E-state index in [1.165, 1.54) is 12.1 Å². The quantitative estimate of drug-likeness (QED) is 0.890. The summed E-state index contributed by atoms with van der Waals surface area (Å²) >= 11 is 0. The second kappa shape index (κ2) is 5.19. The molecule has 0 spiro atoms. The van der Waals surface area contributed by atoms with Crippen molar-refractivity contribution in [2.24, 2.45) is 11.7 Å². The number of hydrogen-bond donors (Lipinski definition) is 1. The highest BCUT2D eigenvalue weighted by Crippen LogP contribution is 2.38. The Morgan fingerprint density at radius 1 is 1.44 bits per heavy atom. The van der Waals surface area contributed by atoms with Crippen LogP contribution in [0.15, 0.2) is 24.3 Å². The van der Waals surface area contributed by atoms with Crippen LogP contribution in [0, 0.1) is 5.92 Å². The molecule has 0 aliphatic carbocycles. The van der Waals surface area contributed by atoms with E-state index < -0.39 is 0 Å². The molecule has 1 heterocycles. The van der Waals surface area contributed by atoms with Crippen molar-refractivity contribution in [3.63, 3.8) is 0 Å². The van der Waals surface area contributed by atoms with E-state index in [2.05, 4.69) is 36.9 Å². The SMILES string of the molecule is COc1cccc(N2CC(CCN)CC2(C)C)c1. The van der Waals surface area contributed by atoms with Crippen molar-refractivity contribution in [3.8, 4) is 5.75 Å². The van der Waals surface area contributed by atoms with E-state index >= 15 is 0 Å². The molecule has 100 valence electrons. The normalized spacial score (nSPS) is 22.2. The molecule has 0 aromatic heterocycles. The lowest BCUT2D eigenvalue weighted by Gasteiger charge is -2.33. The van der Waals surface area contributed by atoms with E-state index in [9.17, 15) is 0 Å². The van der Waals surface area contributed by atoms with Crippen LogP contribution in [0.5, 0.6) is 5.75 Å². The molecule has 18 heavy (non-hydrogen) atoms. The molecule has 0 amide bonds. The standard InChI is InChI=1S/C15H24N2O/c1-15(2)10-12(7-8-16)11-17(15)13-5-4-6-14(9-13)18-3/h4-6,9,12H,7-8,10-11,16H2,1-3H3. The molecule has 0 saturated carbocycles. The molecule has 1 aliphatic rings. The maximum Gasteiger partial charge on any atom is 0.120 e. The molecule has 2 rings (SSSR count). The highest BCUT2D eigenvalue weighted by atomic mass is 16.5. The van der Waals surface area contributed by atoms with Crippen LogP contribution < -0.4 is 15.4 Å². The zero-order valence-corrected chi connectivity index (χ0v) is 11.6. The third-order valence-electron chi connectivity index (χ3n) is 3.90. The monoisotopic (exact) mass is 248 g/mol. The Kier molecular flexibility index (Phi) is 3.81. The zero-order chi connectivity index (χ0) is 13.2. The first-order chi connectivity index (χ1) is 8.56. The molecule has 1 fully saturated rings. The lowest BCUT2D eigenvalue weighted by molar-refractivity contribution is 0.414. The second-order valence-electron chi connectivity index (χ2n) is 5.77. The number of hydrogen-bond acceptors (Lipinski definition) is 3. The Hall–Kier alpha value is -1.22. The van der Waals surface area contributed by atoms with E-state index in [4.69, 9.17) is 10.5 Å². The molecule has 1 aliphatic heterocycles. The molecule has 3 heteroatoms. The minimum absolute atomic E-state index is 0.201. The molecule has 1 aromatic rings. The number of ether oxygens (including phenoxy) is 1. The van der Waals surface area contributed by atoms with Crippen LogP contribution in [-0.2, 0) is 0 Å². The van der Waals surface area contributed by atoms with Gasteiger partial charge in [-0.15, -0.1) is 0 Å². The first kappa shape index (κ1) is 13.2. The molecule has 2 N–H and O–H groups in total.